The van der Waals surface area contributed by atoms with Crippen LogP contribution in [0.1, 0.15) is 36.8 Å². The summed E-state index contributed by atoms with van der Waals surface area (Å²) < 4.78 is 0. The van der Waals surface area contributed by atoms with Gasteiger partial charge in [-0.25, -0.2) is 0 Å². The molecule has 0 fully saturated rings. The maximum absolute atomic E-state index is 2.41. The molecule has 0 unspecified atom stereocenters. The Balaban J connectivity index is 1.04. The summed E-state index contributed by atoms with van der Waals surface area (Å²) in [6.07, 6.45) is 18.5. The summed E-state index contributed by atoms with van der Waals surface area (Å²) in [5, 5.41) is 15.7. The molecule has 0 radical (unpaired) electrons. The molecule has 11 rings (SSSR count). The van der Waals surface area contributed by atoms with Crippen molar-refractivity contribution in [2.45, 2.75) is 25.7 Å². The first-order valence-corrected chi connectivity index (χ1v) is 19.4. The van der Waals surface area contributed by atoms with Gasteiger partial charge in [-0.2, -0.15) is 0 Å². The van der Waals surface area contributed by atoms with Crippen molar-refractivity contribution in [3.63, 3.8) is 0 Å². The van der Waals surface area contributed by atoms with E-state index < -0.39 is 0 Å². The first kappa shape index (κ1) is 31.1. The topological polar surface area (TPSA) is 0 Å². The molecule has 0 N–H and O–H groups in total. The standard InChI is InChI=1S/C54H38/c1-3-13-37(14-4-1)53-43-19-9-7-17-39(43)33-51-45-23-11-21-41(47(45)29-31-49(51)53)35-25-27-36(28-26-35)42-22-12-24-46-48(42)30-32-50-52(46)34-40-18-8-10-20-44(40)54(50)38-15-5-2-6-16-38/h3,5,7-34H,1-2,4,6H2. The third-order valence-electron chi connectivity index (χ3n) is 11.9. The van der Waals surface area contributed by atoms with Crippen LogP contribution in [0, 0.1) is 0 Å². The molecule has 0 amide bonds. The Bertz CT molecular complexity index is 2910. The van der Waals surface area contributed by atoms with E-state index in [0.717, 1.165) is 25.7 Å². The molecule has 2 aliphatic rings. The molecule has 0 aromatic heterocycles. The molecular formula is C54H38. The van der Waals surface area contributed by atoms with Crippen LogP contribution in [-0.4, -0.2) is 0 Å². The van der Waals surface area contributed by atoms with Crippen molar-refractivity contribution in [1.82, 2.24) is 0 Å². The van der Waals surface area contributed by atoms with Crippen molar-refractivity contribution < 1.29 is 0 Å². The summed E-state index contributed by atoms with van der Waals surface area (Å²) in [5.41, 5.74) is 10.4. The maximum Gasteiger partial charge on any atom is -0.00299 e. The van der Waals surface area contributed by atoms with Gasteiger partial charge >= 0.3 is 0 Å². The molecular weight excluding hydrogens is 649 g/mol. The van der Waals surface area contributed by atoms with Crippen LogP contribution in [0.5, 0.6) is 0 Å². The lowest BCUT2D eigenvalue weighted by molar-refractivity contribution is 1.04. The van der Waals surface area contributed by atoms with E-state index in [2.05, 4.69) is 182 Å². The Morgan fingerprint density at radius 1 is 0.296 bits per heavy atom. The van der Waals surface area contributed by atoms with Gasteiger partial charge in [-0.3, -0.25) is 0 Å². The Morgan fingerprint density at radius 3 is 1.17 bits per heavy atom. The molecule has 9 aromatic carbocycles. The van der Waals surface area contributed by atoms with Gasteiger partial charge in [-0.15, -0.1) is 0 Å². The highest BCUT2D eigenvalue weighted by atomic mass is 14.2. The Morgan fingerprint density at radius 2 is 0.722 bits per heavy atom. The molecule has 0 saturated heterocycles. The number of benzene rings is 9. The van der Waals surface area contributed by atoms with Gasteiger partial charge in [0.05, 0.1) is 0 Å². The largest absolute Gasteiger partial charge is 0.0836 e. The minimum Gasteiger partial charge on any atom is -0.0836 e. The summed E-state index contributed by atoms with van der Waals surface area (Å²) in [4.78, 5) is 0. The van der Waals surface area contributed by atoms with Crippen molar-refractivity contribution in [3.05, 3.63) is 193 Å². The summed E-state index contributed by atoms with van der Waals surface area (Å²) in [5.74, 6) is 0. The molecule has 54 heavy (non-hydrogen) atoms. The fraction of sp³-hybridized carbons (Fsp3) is 0.0741. The second kappa shape index (κ2) is 12.6. The highest BCUT2D eigenvalue weighted by Gasteiger charge is 2.17. The molecule has 0 spiro atoms. The van der Waals surface area contributed by atoms with Crippen LogP contribution in [0.3, 0.4) is 0 Å². The van der Waals surface area contributed by atoms with E-state index in [0.29, 0.717) is 0 Å². The molecule has 2 aliphatic carbocycles. The van der Waals surface area contributed by atoms with Gasteiger partial charge in [0.15, 0.2) is 0 Å². The van der Waals surface area contributed by atoms with Crippen molar-refractivity contribution in [3.8, 4) is 22.3 Å². The van der Waals surface area contributed by atoms with E-state index in [1.165, 1.54) is 109 Å². The number of rotatable bonds is 4. The lowest BCUT2D eigenvalue weighted by Gasteiger charge is -2.17. The number of hydrogen-bond donors (Lipinski definition) is 0. The SMILES string of the molecule is C1=CC(c2c3ccccc3cc3c2ccc2c(-c4ccc(-c5cccc6c5ccc5c(C7=CCCC=C7)c7ccccc7cc56)cc4)cccc23)=CCC1. The molecule has 0 bridgehead atoms. The van der Waals surface area contributed by atoms with Gasteiger partial charge in [0.2, 0.25) is 0 Å². The molecule has 0 atom stereocenters. The van der Waals surface area contributed by atoms with Gasteiger partial charge in [-0.05, 0) is 147 Å². The molecule has 0 nitrogen and oxygen atoms in total. The number of allylic oxidation sites excluding steroid dienone is 8. The third-order valence-corrected chi connectivity index (χ3v) is 11.9. The van der Waals surface area contributed by atoms with E-state index in [4.69, 9.17) is 0 Å². The monoisotopic (exact) mass is 686 g/mol. The summed E-state index contributed by atoms with van der Waals surface area (Å²) in [6.45, 7) is 0. The van der Waals surface area contributed by atoms with Crippen LogP contribution in [-0.2, 0) is 0 Å². The summed E-state index contributed by atoms with van der Waals surface area (Å²) in [6, 6.07) is 54.8. The van der Waals surface area contributed by atoms with Gasteiger partial charge in [0, 0.05) is 0 Å². The summed E-state index contributed by atoms with van der Waals surface area (Å²) in [7, 11) is 0. The van der Waals surface area contributed by atoms with Crippen LogP contribution in [0.15, 0.2) is 182 Å². The lowest BCUT2D eigenvalue weighted by atomic mass is 9.86. The van der Waals surface area contributed by atoms with Crippen LogP contribution in [0.25, 0.3) is 98.0 Å². The van der Waals surface area contributed by atoms with Crippen LogP contribution in [0.2, 0.25) is 0 Å². The van der Waals surface area contributed by atoms with Crippen molar-refractivity contribution in [2.24, 2.45) is 0 Å². The minimum atomic E-state index is 1.09. The average molecular weight is 687 g/mol. The normalized spacial score (nSPS) is 14.4. The Labute approximate surface area is 315 Å². The Hall–Kier alpha value is -6.50. The van der Waals surface area contributed by atoms with Crippen molar-refractivity contribution >= 4 is 75.8 Å². The van der Waals surface area contributed by atoms with E-state index in [9.17, 15) is 0 Å². The molecule has 0 heterocycles. The zero-order valence-corrected chi connectivity index (χ0v) is 30.1. The molecule has 0 aliphatic heterocycles. The van der Waals surface area contributed by atoms with Gasteiger partial charge < -0.3 is 0 Å². The molecule has 254 valence electrons. The van der Waals surface area contributed by atoms with E-state index in [-0.39, 0.29) is 0 Å². The molecule has 0 saturated carbocycles. The predicted octanol–water partition coefficient (Wildman–Crippen LogP) is 15.4. The second-order valence-corrected chi connectivity index (χ2v) is 14.9. The number of hydrogen-bond acceptors (Lipinski definition) is 0. The van der Waals surface area contributed by atoms with Crippen LogP contribution >= 0.6 is 0 Å². The van der Waals surface area contributed by atoms with Gasteiger partial charge in [0.1, 0.15) is 0 Å². The van der Waals surface area contributed by atoms with E-state index in [1.54, 1.807) is 0 Å². The fourth-order valence-electron chi connectivity index (χ4n) is 9.36. The van der Waals surface area contributed by atoms with Gasteiger partial charge in [0.25, 0.3) is 0 Å². The first-order chi connectivity index (χ1) is 26.8. The highest BCUT2D eigenvalue weighted by molar-refractivity contribution is 6.21. The van der Waals surface area contributed by atoms with E-state index >= 15 is 0 Å². The van der Waals surface area contributed by atoms with Gasteiger partial charge in [-0.1, -0.05) is 170 Å². The minimum absolute atomic E-state index is 1.09. The Kier molecular flexibility index (Phi) is 7.23. The zero-order chi connectivity index (χ0) is 35.6. The first-order valence-electron chi connectivity index (χ1n) is 19.4. The highest BCUT2D eigenvalue weighted by Crippen LogP contribution is 2.43. The molecule has 0 heteroatoms. The number of fused-ring (bicyclic) bond motifs is 8. The quantitative estimate of drug-likeness (QED) is 0.128. The maximum atomic E-state index is 2.41. The van der Waals surface area contributed by atoms with Crippen molar-refractivity contribution in [1.29, 1.82) is 0 Å². The fourth-order valence-corrected chi connectivity index (χ4v) is 9.36. The average Bonchev–Trinajstić information content (AvgIpc) is 3.25. The van der Waals surface area contributed by atoms with E-state index in [1.807, 2.05) is 0 Å². The van der Waals surface area contributed by atoms with Crippen molar-refractivity contribution in [2.75, 3.05) is 0 Å². The summed E-state index contributed by atoms with van der Waals surface area (Å²) >= 11 is 0. The van der Waals surface area contributed by atoms with Crippen LogP contribution < -0.4 is 0 Å². The van der Waals surface area contributed by atoms with Crippen LogP contribution in [0.4, 0.5) is 0 Å². The predicted molar refractivity (Wildman–Crippen MR) is 235 cm³/mol. The molecule has 9 aromatic rings. The third kappa shape index (κ3) is 4.91. The zero-order valence-electron chi connectivity index (χ0n) is 30.1. The second-order valence-electron chi connectivity index (χ2n) is 14.9. The lowest BCUT2D eigenvalue weighted by Crippen LogP contribution is -1.92. The smallest absolute Gasteiger partial charge is 0.00299 e.